The van der Waals surface area contributed by atoms with E-state index in [1.807, 2.05) is 25.1 Å². The molecule has 116 valence electrons. The number of nitrogens with zero attached hydrogens (tertiary/aromatic N) is 2. The quantitative estimate of drug-likeness (QED) is 0.843. The molecule has 0 radical (unpaired) electrons. The Balaban J connectivity index is 0.000000220. The first-order valence-electron chi connectivity index (χ1n) is 6.35. The molecule has 2 aromatic rings. The molecule has 7 heteroatoms. The highest BCUT2D eigenvalue weighted by atomic mass is 35.5. The van der Waals surface area contributed by atoms with Crippen LogP contribution in [0.2, 0.25) is 5.02 Å². The van der Waals surface area contributed by atoms with Crippen LogP contribution < -0.4 is 20.5 Å². The van der Waals surface area contributed by atoms with Crippen LogP contribution in [0.3, 0.4) is 0 Å². The molecular weight excluding hydrogens is 304 g/mol. The first-order valence-corrected chi connectivity index (χ1v) is 6.73. The Morgan fingerprint density at radius 2 is 1.50 bits per heavy atom. The van der Waals surface area contributed by atoms with Crippen molar-refractivity contribution in [2.45, 2.75) is 6.92 Å². The average molecular weight is 323 g/mol. The van der Waals surface area contributed by atoms with Gasteiger partial charge in [0.15, 0.2) is 22.9 Å². The second-order valence-electron chi connectivity index (χ2n) is 4.25. The molecule has 0 atom stereocenters. The van der Waals surface area contributed by atoms with Gasteiger partial charge in [0, 0.05) is 5.02 Å². The fourth-order valence-corrected chi connectivity index (χ4v) is 1.82. The molecule has 22 heavy (non-hydrogen) atoms. The van der Waals surface area contributed by atoms with Crippen molar-refractivity contribution in [3.8, 4) is 11.5 Å². The molecule has 0 spiro atoms. The predicted molar refractivity (Wildman–Crippen MR) is 83.8 cm³/mol. The zero-order valence-electron chi connectivity index (χ0n) is 12.7. The molecule has 0 bridgehead atoms. The molecule has 0 aliphatic heterocycles. The lowest BCUT2D eigenvalue weighted by Gasteiger charge is -2.01. The molecule has 0 aromatic heterocycles. The summed E-state index contributed by atoms with van der Waals surface area (Å²) < 4.78 is 10.0. The standard InChI is InChI=1S/C8H10N2O.C7H7ClN2O/c1-6-3-4-7(10-9)8(5-6)11-2;1-11-7-3-2-5(8)4-6(7)10-9/h3-5,9H,1-2H3;2-4,9H,1H3/p+2. The SMILES string of the molecule is COc1cc(C)ccc1N=[NH2+].COc1ccc(Cl)cc1N=[NH2+]. The van der Waals surface area contributed by atoms with E-state index in [1.54, 1.807) is 32.4 Å². The fourth-order valence-electron chi connectivity index (χ4n) is 1.66. The Morgan fingerprint density at radius 1 is 0.864 bits per heavy atom. The highest BCUT2D eigenvalue weighted by Crippen LogP contribution is 2.29. The zero-order valence-corrected chi connectivity index (χ0v) is 13.5. The minimum Gasteiger partial charge on any atom is -0.494 e. The Morgan fingerprint density at radius 3 is 2.05 bits per heavy atom. The highest BCUT2D eigenvalue weighted by molar-refractivity contribution is 6.30. The maximum Gasteiger partial charge on any atom is 0.173 e. The molecule has 0 heterocycles. The molecule has 2 aromatic carbocycles. The van der Waals surface area contributed by atoms with Gasteiger partial charge in [-0.2, -0.15) is 11.1 Å². The average Bonchev–Trinajstić information content (AvgIpc) is 2.55. The Labute approximate surface area is 134 Å². The summed E-state index contributed by atoms with van der Waals surface area (Å²) in [4.78, 5) is 0. The third-order valence-electron chi connectivity index (χ3n) is 2.75. The van der Waals surface area contributed by atoms with Crippen molar-refractivity contribution in [1.29, 1.82) is 0 Å². The van der Waals surface area contributed by atoms with Gasteiger partial charge in [0.1, 0.15) is 0 Å². The van der Waals surface area contributed by atoms with Crippen molar-refractivity contribution < 1.29 is 20.5 Å². The monoisotopic (exact) mass is 322 g/mol. The van der Waals surface area contributed by atoms with Gasteiger partial charge in [-0.1, -0.05) is 17.7 Å². The van der Waals surface area contributed by atoms with E-state index in [0.717, 1.165) is 5.56 Å². The molecular formula is C15H19ClN4O2+2. The number of benzene rings is 2. The van der Waals surface area contributed by atoms with Crippen LogP contribution in [0.5, 0.6) is 11.5 Å². The van der Waals surface area contributed by atoms with Crippen LogP contribution in [0.15, 0.2) is 46.6 Å². The minimum absolute atomic E-state index is 0.556. The van der Waals surface area contributed by atoms with Gasteiger partial charge in [-0.3, -0.25) is 0 Å². The van der Waals surface area contributed by atoms with Gasteiger partial charge in [-0.05, 0) is 53.0 Å². The van der Waals surface area contributed by atoms with Gasteiger partial charge in [0.05, 0.1) is 14.2 Å². The molecule has 2 rings (SSSR count). The Hall–Kier alpha value is -2.47. The van der Waals surface area contributed by atoms with Crippen LogP contribution in [0, 0.1) is 6.92 Å². The number of rotatable bonds is 4. The number of ether oxygens (including phenoxy) is 2. The molecule has 0 saturated carbocycles. The Kier molecular flexibility index (Phi) is 6.98. The van der Waals surface area contributed by atoms with Gasteiger partial charge in [-0.15, -0.1) is 0 Å². The minimum atomic E-state index is 0.556. The van der Waals surface area contributed by atoms with Crippen LogP contribution in [-0.4, -0.2) is 14.2 Å². The summed E-state index contributed by atoms with van der Waals surface area (Å²) in [6.45, 7) is 1.99. The maximum atomic E-state index is 5.68. The van der Waals surface area contributed by atoms with Crippen molar-refractivity contribution in [3.63, 3.8) is 0 Å². The van der Waals surface area contributed by atoms with Crippen LogP contribution >= 0.6 is 11.6 Å². The zero-order chi connectivity index (χ0) is 16.5. The van der Waals surface area contributed by atoms with E-state index >= 15 is 0 Å². The fraction of sp³-hybridized carbons (Fsp3) is 0.200. The summed E-state index contributed by atoms with van der Waals surface area (Å²) in [6.07, 6.45) is 0. The molecule has 0 aliphatic carbocycles. The lowest BCUT2D eigenvalue weighted by Crippen LogP contribution is -2.22. The van der Waals surface area contributed by atoms with E-state index in [0.29, 0.717) is 27.9 Å². The second-order valence-corrected chi connectivity index (χ2v) is 4.69. The van der Waals surface area contributed by atoms with Crippen LogP contribution in [0.1, 0.15) is 5.56 Å². The number of nitrogens with two attached hydrogens (primary N) is 2. The summed E-state index contributed by atoms with van der Waals surface area (Å²) >= 11 is 5.68. The van der Waals surface area contributed by atoms with Crippen molar-refractivity contribution in [2.24, 2.45) is 10.2 Å². The van der Waals surface area contributed by atoms with E-state index in [4.69, 9.17) is 32.1 Å². The van der Waals surface area contributed by atoms with E-state index in [1.165, 1.54) is 0 Å². The van der Waals surface area contributed by atoms with Crippen molar-refractivity contribution in [3.05, 3.63) is 47.0 Å². The van der Waals surface area contributed by atoms with Crippen LogP contribution in [-0.2, 0) is 0 Å². The van der Waals surface area contributed by atoms with E-state index < -0.39 is 0 Å². The molecule has 4 N–H and O–H groups in total. The lowest BCUT2D eigenvalue weighted by atomic mass is 10.2. The highest BCUT2D eigenvalue weighted by Gasteiger charge is 2.03. The Bertz CT molecular complexity index is 662. The smallest absolute Gasteiger partial charge is 0.173 e. The predicted octanol–water partition coefficient (Wildman–Crippen LogP) is 2.04. The summed E-state index contributed by atoms with van der Waals surface area (Å²) in [7, 11) is 3.15. The van der Waals surface area contributed by atoms with E-state index in [9.17, 15) is 0 Å². The lowest BCUT2D eigenvalue weighted by molar-refractivity contribution is -0.211. The summed E-state index contributed by atoms with van der Waals surface area (Å²) in [6, 6.07) is 10.7. The first-order chi connectivity index (χ1) is 10.5. The van der Waals surface area contributed by atoms with Gasteiger partial charge in [0.25, 0.3) is 0 Å². The second kappa shape index (κ2) is 8.74. The molecule has 0 amide bonds. The van der Waals surface area contributed by atoms with Crippen molar-refractivity contribution in [1.82, 2.24) is 0 Å². The van der Waals surface area contributed by atoms with Gasteiger partial charge in [0.2, 0.25) is 0 Å². The van der Waals surface area contributed by atoms with Crippen molar-refractivity contribution in [2.75, 3.05) is 14.2 Å². The number of hydrogen-bond donors (Lipinski definition) is 2. The number of hydrogen-bond acceptors (Lipinski definition) is 4. The normalized spacial score (nSPS) is 9.27. The molecule has 0 saturated heterocycles. The topological polar surface area (TPSA) is 94.4 Å². The molecule has 0 unspecified atom stereocenters. The summed E-state index contributed by atoms with van der Waals surface area (Å²) in [5.41, 5.74) is 12.6. The first kappa shape index (κ1) is 17.6. The largest absolute Gasteiger partial charge is 0.494 e. The molecule has 0 aliphatic rings. The number of aryl methyl sites for hydroxylation is 1. The third-order valence-corrected chi connectivity index (χ3v) is 2.99. The molecule has 0 fully saturated rings. The number of halogens is 1. The van der Waals surface area contributed by atoms with E-state index in [2.05, 4.69) is 10.2 Å². The summed E-state index contributed by atoms with van der Waals surface area (Å²) in [5, 5.41) is 7.64. The van der Waals surface area contributed by atoms with Gasteiger partial charge >= 0.3 is 0 Å². The van der Waals surface area contributed by atoms with Crippen molar-refractivity contribution >= 4 is 23.0 Å². The molecule has 6 nitrogen and oxygen atoms in total. The third kappa shape index (κ3) is 4.82. The van der Waals surface area contributed by atoms with Gasteiger partial charge < -0.3 is 9.47 Å². The van der Waals surface area contributed by atoms with Crippen LogP contribution in [0.25, 0.3) is 0 Å². The maximum absolute atomic E-state index is 5.68. The van der Waals surface area contributed by atoms with Crippen LogP contribution in [0.4, 0.5) is 11.4 Å². The van der Waals surface area contributed by atoms with E-state index in [-0.39, 0.29) is 0 Å². The summed E-state index contributed by atoms with van der Waals surface area (Å²) in [5.74, 6) is 1.34. The number of methoxy groups -OCH3 is 2. The van der Waals surface area contributed by atoms with Gasteiger partial charge in [-0.25, -0.2) is 0 Å².